The molecule has 0 radical (unpaired) electrons. The van der Waals surface area contributed by atoms with Gasteiger partial charge in [-0.3, -0.25) is 19.2 Å². The minimum Gasteiger partial charge on any atom is -0.508 e. The van der Waals surface area contributed by atoms with E-state index in [1.165, 1.54) is 40.7 Å². The Balaban J connectivity index is 0.000000180. The molecule has 8 aromatic rings. The van der Waals surface area contributed by atoms with Gasteiger partial charge in [0.2, 0.25) is 0 Å². The van der Waals surface area contributed by atoms with Gasteiger partial charge in [-0.1, -0.05) is 142 Å². The smallest absolute Gasteiger partial charge is 0.498 e. The fourth-order valence-electron chi connectivity index (χ4n) is 19.0. The maximum absolute atomic E-state index is 13.2. The van der Waals surface area contributed by atoms with Gasteiger partial charge in [-0.05, 0) is 300 Å². The Morgan fingerprint density at radius 3 is 1.35 bits per heavy atom. The number of nitrogens with zero attached hydrogens (tertiary/aromatic N) is 5. The van der Waals surface area contributed by atoms with Crippen molar-refractivity contribution in [1.82, 2.24) is 35.1 Å². The van der Waals surface area contributed by atoms with Gasteiger partial charge >= 0.3 is 13.2 Å². The Labute approximate surface area is 762 Å². The summed E-state index contributed by atoms with van der Waals surface area (Å²) in [5.74, 6) is 1.64. The molecule has 22 heteroatoms. The number of fused-ring (bicyclic) bond motifs is 3. The zero-order chi connectivity index (χ0) is 89.9. The van der Waals surface area contributed by atoms with E-state index in [2.05, 4.69) is 95.6 Å². The van der Waals surface area contributed by atoms with E-state index < -0.39 is 18.3 Å². The zero-order valence-corrected chi connectivity index (χ0v) is 76.7. The lowest BCUT2D eigenvalue weighted by Crippen LogP contribution is -2.44. The van der Waals surface area contributed by atoms with E-state index in [0.29, 0.717) is 105 Å². The van der Waals surface area contributed by atoms with Crippen molar-refractivity contribution in [2.75, 3.05) is 119 Å². The van der Waals surface area contributed by atoms with Gasteiger partial charge in [0.05, 0.1) is 11.2 Å². The van der Waals surface area contributed by atoms with Crippen molar-refractivity contribution in [1.29, 1.82) is 0 Å². The molecule has 7 aliphatic rings. The molecule has 4 saturated heterocycles. The molecule has 8 aromatic carbocycles. The molecule has 3 spiro atoms. The predicted octanol–water partition coefficient (Wildman–Crippen LogP) is 18.8. The molecule has 128 heavy (non-hydrogen) atoms. The molecule has 686 valence electrons. The summed E-state index contributed by atoms with van der Waals surface area (Å²) in [5.41, 5.74) is 16.0. The lowest BCUT2D eigenvalue weighted by molar-refractivity contribution is 0.00578. The van der Waals surface area contributed by atoms with Crippen molar-refractivity contribution >= 4 is 53.4 Å². The van der Waals surface area contributed by atoms with Crippen molar-refractivity contribution in [3.63, 3.8) is 0 Å². The van der Waals surface area contributed by atoms with Gasteiger partial charge in [-0.2, -0.15) is 0 Å². The van der Waals surface area contributed by atoms with Gasteiger partial charge in [0, 0.05) is 130 Å². The summed E-state index contributed by atoms with van der Waals surface area (Å²) in [7, 11) is 2.58. The first-order valence-electron chi connectivity index (χ1n) is 45.5. The summed E-state index contributed by atoms with van der Waals surface area (Å²) < 4.78 is 40.0. The van der Waals surface area contributed by atoms with Gasteiger partial charge in [-0.15, -0.1) is 0 Å². The number of phenolic OH excluding ortho intramolecular Hbond substituents is 2. The van der Waals surface area contributed by atoms with Gasteiger partial charge in [0.1, 0.15) is 29.6 Å². The van der Waals surface area contributed by atoms with Crippen LogP contribution in [-0.4, -0.2) is 202 Å². The molecule has 21 nitrogen and oxygen atoms in total. The lowest BCUT2D eigenvalue weighted by Gasteiger charge is -2.45. The molecule has 0 aromatic heterocycles. The summed E-state index contributed by atoms with van der Waals surface area (Å²) in [5, 5.41) is 28.8. The largest absolute Gasteiger partial charge is 0.508 e. The summed E-state index contributed by atoms with van der Waals surface area (Å²) in [4.78, 5) is 73.0. The molecule has 4 fully saturated rings. The molecule has 1 atom stereocenters. The van der Waals surface area contributed by atoms with Gasteiger partial charge in [0.15, 0.2) is 13.6 Å². The number of carbonyl (C=O) groups excluding carboxylic acids is 5. The summed E-state index contributed by atoms with van der Waals surface area (Å²) in [6.45, 7) is 34.9. The average Bonchev–Trinajstić information content (AvgIpc) is 1.19. The number of carbonyl (C=O) groups is 5. The summed E-state index contributed by atoms with van der Waals surface area (Å²) in [6.07, 6.45) is 14.9. The summed E-state index contributed by atoms with van der Waals surface area (Å²) in [6, 6.07) is 57.5. The number of rotatable bonds is 24. The first-order valence-corrected chi connectivity index (χ1v) is 45.5. The van der Waals surface area contributed by atoms with E-state index in [0.717, 1.165) is 122 Å². The number of aromatic hydroxyl groups is 2. The Morgan fingerprint density at radius 1 is 0.445 bits per heavy atom. The average molecular weight is 1750 g/mol. The van der Waals surface area contributed by atoms with Crippen LogP contribution in [0.1, 0.15) is 246 Å². The lowest BCUT2D eigenvalue weighted by atomic mass is 9.61. The van der Waals surface area contributed by atoms with E-state index in [1.54, 1.807) is 58.1 Å². The van der Waals surface area contributed by atoms with Crippen LogP contribution < -0.4 is 25.6 Å². The number of allylic oxidation sites excluding steroid dienone is 2. The number of benzene rings is 8. The van der Waals surface area contributed by atoms with Crippen molar-refractivity contribution in [3.8, 4) is 23.0 Å². The number of amides is 5. The zero-order valence-electron chi connectivity index (χ0n) is 76.7. The highest BCUT2D eigenvalue weighted by molar-refractivity contribution is 6.63. The minimum atomic E-state index is -0.565. The monoisotopic (exact) mass is 1750 g/mol. The highest BCUT2D eigenvalue weighted by Crippen LogP contribution is 2.53. The number of hydrogen-bond donors (Lipinski definition) is 4. The highest BCUT2D eigenvalue weighted by Gasteiger charge is 2.53. The maximum atomic E-state index is 13.2. The fourth-order valence-corrected chi connectivity index (χ4v) is 19.0. The quantitative estimate of drug-likeness (QED) is 0.0325. The molecular formula is C106H140BN7O14. The third-order valence-corrected chi connectivity index (χ3v) is 27.1. The van der Waals surface area contributed by atoms with Gasteiger partial charge < -0.3 is 78.3 Å². The van der Waals surface area contributed by atoms with E-state index in [1.807, 2.05) is 167 Å². The Kier molecular flexibility index (Phi) is 35.1. The van der Waals surface area contributed by atoms with Crippen LogP contribution in [0.4, 0.5) is 4.79 Å². The molecule has 4 heterocycles. The molecule has 0 bridgehead atoms. The number of ether oxygens (including phenoxy) is 5. The normalized spacial score (nSPS) is 17.3. The SMILES string of the molecule is C.C.CCN(CC)C(=O)c1ccc(B2OC(C)(C)C(C)(C)O2)c(OCOC)c1.CCN(CC)C(=O)c1ccc(C2=CC3(CCN(C(=O)OCc4ccccc4)CC3)Cc3ccccc32)c(OCOC)c1.CCN(CC)C(=O)c1ccc(C2=CC3(CCNCC3)Cc3ccccc32)c(O)c1.CCN(CC)C(=O)c1ccc(C2CC3(CCNCC3)Cc3ccccc32)c(O)c1. The second-order valence-corrected chi connectivity index (χ2v) is 35.2. The van der Waals surface area contributed by atoms with Crippen LogP contribution in [0.15, 0.2) is 188 Å². The topological polar surface area (TPSA) is 231 Å². The number of hydrogen-bond acceptors (Lipinski definition) is 16. The van der Waals surface area contributed by atoms with E-state index in [-0.39, 0.29) is 93.0 Å². The van der Waals surface area contributed by atoms with Crippen LogP contribution in [0.25, 0.3) is 11.1 Å². The number of nitrogens with one attached hydrogen (secondary N) is 2. The van der Waals surface area contributed by atoms with Crippen molar-refractivity contribution in [2.24, 2.45) is 16.2 Å². The molecular weight excluding hydrogens is 1610 g/mol. The van der Waals surface area contributed by atoms with Crippen molar-refractivity contribution in [2.45, 2.75) is 186 Å². The van der Waals surface area contributed by atoms with Crippen molar-refractivity contribution < 1.29 is 67.2 Å². The first-order chi connectivity index (χ1) is 60.8. The molecule has 4 aliphatic heterocycles. The van der Waals surface area contributed by atoms with E-state index >= 15 is 0 Å². The van der Waals surface area contributed by atoms with Gasteiger partial charge in [0.25, 0.3) is 23.6 Å². The highest BCUT2D eigenvalue weighted by atomic mass is 16.7. The van der Waals surface area contributed by atoms with Crippen LogP contribution in [0.5, 0.6) is 23.0 Å². The minimum absolute atomic E-state index is 0. The fraction of sp³-hybridized carbons (Fsp3) is 0.462. The van der Waals surface area contributed by atoms with Crippen LogP contribution in [0.2, 0.25) is 0 Å². The number of likely N-dealkylation sites (tertiary alicyclic amines) is 1. The van der Waals surface area contributed by atoms with Crippen LogP contribution >= 0.6 is 0 Å². The summed E-state index contributed by atoms with van der Waals surface area (Å²) >= 11 is 0. The van der Waals surface area contributed by atoms with Crippen molar-refractivity contribution in [3.05, 3.63) is 266 Å². The number of piperidine rings is 3. The van der Waals surface area contributed by atoms with E-state index in [9.17, 15) is 34.2 Å². The number of methoxy groups -OCH3 is 2. The Morgan fingerprint density at radius 2 is 0.859 bits per heavy atom. The van der Waals surface area contributed by atoms with E-state index in [4.69, 9.17) is 33.0 Å². The molecule has 1 unspecified atom stereocenters. The second kappa shape index (κ2) is 45.1. The standard InChI is InChI=1S/C35H40N2O5.C25H32N2O2.C25H30N2O2.C19H30BNO5.2CH4/c1-4-36(5-2)33(38)27-15-16-30(32(21-27)42-25-40-3)31-23-35(22-28-13-9-10-14-29(28)31)17-19-37(20-18-35)34(39)41-24-26-11-7-6-8-12-26;2*1-3-27(4-2)24(29)18-9-10-21(23(28)15-18)22-17-25(11-13-26-14-12-25)16-19-7-5-6-8-20(19)22;1-8-21(9-2)17(22)14-10-11-15(16(12-14)24-13-23-7)20-25-18(3,4)19(5,6)26-20;;/h6-16,21,23H,4-5,17-20,22,24-25H2,1-3H3;5-10,15,22,26,28H,3-4,11-14,16-17H2,1-2H3;5-10,15,17,26,28H,3-4,11-14,16H2,1-2H3;10-12H,8-9,13H2,1-7H3;2*1H4. The predicted molar refractivity (Wildman–Crippen MR) is 512 cm³/mol. The van der Waals surface area contributed by atoms with Crippen LogP contribution in [-0.2, 0) is 49.4 Å². The maximum Gasteiger partial charge on any atom is 0.498 e. The van der Waals surface area contributed by atoms with Crippen LogP contribution in [0, 0.1) is 16.2 Å². The Bertz CT molecular complexity index is 5110. The first kappa shape index (κ1) is 99.6. The second-order valence-electron chi connectivity index (χ2n) is 35.2. The molecule has 0 saturated carbocycles. The number of phenols is 2. The van der Waals surface area contributed by atoms with Gasteiger partial charge in [-0.25, -0.2) is 4.79 Å². The Hall–Kier alpha value is -10.6. The molecule has 4 N–H and O–H groups in total. The molecule has 3 aliphatic carbocycles. The third-order valence-electron chi connectivity index (χ3n) is 27.1. The van der Waals surface area contributed by atoms with Crippen LogP contribution in [0.3, 0.4) is 0 Å². The molecule has 5 amide bonds. The third kappa shape index (κ3) is 23.0. The molecule has 15 rings (SSSR count).